The van der Waals surface area contributed by atoms with E-state index in [1.54, 1.807) is 12.0 Å². The molecule has 0 heterocycles. The topological polar surface area (TPSA) is 17.1 Å². The number of benzene rings is 1. The molecule has 0 unspecified atom stereocenters. The van der Waals surface area contributed by atoms with Gasteiger partial charge in [-0.05, 0) is 17.4 Å². The van der Waals surface area contributed by atoms with Crippen LogP contribution in [0.5, 0.6) is 0 Å². The standard InChI is InChI=1S/C11H8O/c12-10-6-2-5-9-11-7-3-1-4-8-11/h1-5,7-9H. The van der Waals surface area contributed by atoms with Crippen LogP contribution in [-0.4, -0.2) is 5.94 Å². The molecular formula is C11H8O. The predicted molar refractivity (Wildman–Crippen MR) is 49.3 cm³/mol. The average molecular weight is 156 g/mol. The van der Waals surface area contributed by atoms with Gasteiger partial charge >= 0.3 is 0 Å². The Morgan fingerprint density at radius 2 is 1.92 bits per heavy atom. The molecule has 1 aromatic carbocycles. The van der Waals surface area contributed by atoms with Crippen molar-refractivity contribution in [3.63, 3.8) is 0 Å². The maximum atomic E-state index is 9.71. The molecular weight excluding hydrogens is 148 g/mol. The molecule has 58 valence electrons. The van der Waals surface area contributed by atoms with Crippen LogP contribution in [0.2, 0.25) is 0 Å². The Morgan fingerprint density at radius 3 is 2.58 bits per heavy atom. The van der Waals surface area contributed by atoms with E-state index < -0.39 is 0 Å². The molecule has 0 aromatic heterocycles. The second-order valence-electron chi connectivity index (χ2n) is 2.18. The molecule has 12 heavy (non-hydrogen) atoms. The van der Waals surface area contributed by atoms with Crippen LogP contribution >= 0.6 is 0 Å². The first-order chi connectivity index (χ1) is 5.93. The number of carbonyl (C=O) groups excluding carboxylic acids is 1. The van der Waals surface area contributed by atoms with E-state index in [-0.39, 0.29) is 0 Å². The first-order valence-electron chi connectivity index (χ1n) is 3.61. The largest absolute Gasteiger partial charge is 0.224 e. The molecule has 0 bridgehead atoms. The van der Waals surface area contributed by atoms with Crippen molar-refractivity contribution >= 4 is 12.0 Å². The summed E-state index contributed by atoms with van der Waals surface area (Å²) in [4.78, 5) is 9.71. The lowest BCUT2D eigenvalue weighted by Gasteiger charge is -1.87. The molecule has 1 rings (SSSR count). The minimum Gasteiger partial charge on any atom is -0.224 e. The number of rotatable bonds is 2. The molecule has 0 aliphatic carbocycles. The molecule has 0 saturated carbocycles. The summed E-state index contributed by atoms with van der Waals surface area (Å²) in [6.07, 6.45) is 5.17. The van der Waals surface area contributed by atoms with Crippen LogP contribution < -0.4 is 0 Å². The third kappa shape index (κ3) is 2.85. The van der Waals surface area contributed by atoms with E-state index in [1.807, 2.05) is 36.4 Å². The van der Waals surface area contributed by atoms with Gasteiger partial charge in [-0.1, -0.05) is 42.5 Å². The van der Waals surface area contributed by atoms with Gasteiger partial charge in [-0.2, -0.15) is 0 Å². The smallest absolute Gasteiger partial charge is 0.177 e. The van der Waals surface area contributed by atoms with Crippen molar-refractivity contribution in [2.45, 2.75) is 0 Å². The van der Waals surface area contributed by atoms with Gasteiger partial charge in [-0.3, -0.25) is 0 Å². The monoisotopic (exact) mass is 156 g/mol. The van der Waals surface area contributed by atoms with Gasteiger partial charge in [-0.15, -0.1) is 0 Å². The molecule has 1 heteroatoms. The maximum Gasteiger partial charge on any atom is 0.177 e. The molecule has 0 radical (unpaired) electrons. The lowest BCUT2D eigenvalue weighted by Crippen LogP contribution is -1.66. The lowest BCUT2D eigenvalue weighted by atomic mass is 10.2. The third-order valence-corrected chi connectivity index (χ3v) is 1.33. The molecule has 0 amide bonds. The molecule has 0 N–H and O–H groups in total. The summed E-state index contributed by atoms with van der Waals surface area (Å²) < 4.78 is 0. The third-order valence-electron chi connectivity index (χ3n) is 1.33. The maximum absolute atomic E-state index is 9.71. The highest BCUT2D eigenvalue weighted by molar-refractivity contribution is 5.52. The Hall–Kier alpha value is -1.81. The highest BCUT2D eigenvalue weighted by atomic mass is 16.1. The van der Waals surface area contributed by atoms with Gasteiger partial charge in [0.05, 0.1) is 0 Å². The molecule has 0 aliphatic heterocycles. The van der Waals surface area contributed by atoms with Gasteiger partial charge in [0.25, 0.3) is 0 Å². The molecule has 1 nitrogen and oxygen atoms in total. The van der Waals surface area contributed by atoms with Crippen LogP contribution in [0.3, 0.4) is 0 Å². The minimum absolute atomic E-state index is 1.10. The quantitative estimate of drug-likeness (QED) is 0.364. The molecule has 1 aromatic rings. The SMILES string of the molecule is O=C=C=CC=Cc1ccccc1. The highest BCUT2D eigenvalue weighted by Gasteiger charge is 1.78. The van der Waals surface area contributed by atoms with Gasteiger partial charge in [0.15, 0.2) is 5.94 Å². The summed E-state index contributed by atoms with van der Waals surface area (Å²) >= 11 is 0. The normalized spacial score (nSPS) is 9.00. The lowest BCUT2D eigenvalue weighted by molar-refractivity contribution is 0.569. The van der Waals surface area contributed by atoms with Crippen molar-refractivity contribution in [2.24, 2.45) is 0 Å². The summed E-state index contributed by atoms with van der Waals surface area (Å²) in [5.41, 5.74) is 3.40. The fourth-order valence-electron chi connectivity index (χ4n) is 0.806. The van der Waals surface area contributed by atoms with E-state index in [1.165, 1.54) is 6.08 Å². The number of allylic oxidation sites excluding steroid dienone is 2. The van der Waals surface area contributed by atoms with E-state index in [0.717, 1.165) is 5.56 Å². The fraction of sp³-hybridized carbons (Fsp3) is 0. The van der Waals surface area contributed by atoms with E-state index >= 15 is 0 Å². The van der Waals surface area contributed by atoms with Gasteiger partial charge < -0.3 is 0 Å². The van der Waals surface area contributed by atoms with Crippen LogP contribution in [0.25, 0.3) is 6.08 Å². The van der Waals surface area contributed by atoms with Gasteiger partial charge in [0.1, 0.15) is 0 Å². The zero-order valence-electron chi connectivity index (χ0n) is 6.53. The Morgan fingerprint density at radius 1 is 1.17 bits per heavy atom. The summed E-state index contributed by atoms with van der Waals surface area (Å²) in [6, 6.07) is 9.83. The van der Waals surface area contributed by atoms with E-state index in [9.17, 15) is 4.79 Å². The first kappa shape index (κ1) is 8.29. The van der Waals surface area contributed by atoms with Gasteiger partial charge in [0.2, 0.25) is 0 Å². The average Bonchev–Trinajstić information content (AvgIpc) is 2.14. The Labute approximate surface area is 71.3 Å². The Bertz CT molecular complexity index is 337. The van der Waals surface area contributed by atoms with Gasteiger partial charge in [0, 0.05) is 0 Å². The molecule has 0 spiro atoms. The van der Waals surface area contributed by atoms with Crippen molar-refractivity contribution in [2.75, 3.05) is 0 Å². The molecule has 0 fully saturated rings. The summed E-state index contributed by atoms with van der Waals surface area (Å²) in [5.74, 6) is 1.55. The van der Waals surface area contributed by atoms with Crippen LogP contribution in [-0.2, 0) is 4.79 Å². The summed E-state index contributed by atoms with van der Waals surface area (Å²) in [7, 11) is 0. The second kappa shape index (κ2) is 4.92. The minimum atomic E-state index is 1.10. The summed E-state index contributed by atoms with van der Waals surface area (Å²) in [5, 5.41) is 0. The van der Waals surface area contributed by atoms with Crippen molar-refractivity contribution in [3.8, 4) is 0 Å². The van der Waals surface area contributed by atoms with E-state index in [2.05, 4.69) is 5.73 Å². The number of hydrogen-bond acceptors (Lipinski definition) is 1. The highest BCUT2D eigenvalue weighted by Crippen LogP contribution is 2.00. The van der Waals surface area contributed by atoms with Crippen molar-refractivity contribution in [1.29, 1.82) is 0 Å². The van der Waals surface area contributed by atoms with Crippen LogP contribution in [0.1, 0.15) is 5.56 Å². The summed E-state index contributed by atoms with van der Waals surface area (Å²) in [6.45, 7) is 0. The molecule has 0 aliphatic rings. The Balaban J connectivity index is 2.70. The van der Waals surface area contributed by atoms with Crippen LogP contribution in [0.15, 0.2) is 48.2 Å². The molecule has 0 atom stereocenters. The van der Waals surface area contributed by atoms with Crippen molar-refractivity contribution in [3.05, 3.63) is 53.8 Å². The molecule has 0 saturated heterocycles. The predicted octanol–water partition coefficient (Wildman–Crippen LogP) is 2.24. The van der Waals surface area contributed by atoms with Crippen LogP contribution in [0.4, 0.5) is 0 Å². The first-order valence-corrected chi connectivity index (χ1v) is 3.61. The van der Waals surface area contributed by atoms with E-state index in [4.69, 9.17) is 0 Å². The fourth-order valence-corrected chi connectivity index (χ4v) is 0.806. The van der Waals surface area contributed by atoms with E-state index in [0.29, 0.717) is 0 Å². The zero-order chi connectivity index (χ0) is 8.65. The number of hydrogen-bond donors (Lipinski definition) is 0. The second-order valence-corrected chi connectivity index (χ2v) is 2.18. The Kier molecular flexibility index (Phi) is 3.40. The van der Waals surface area contributed by atoms with Gasteiger partial charge in [-0.25, -0.2) is 4.79 Å². The van der Waals surface area contributed by atoms with Crippen LogP contribution in [0, 0.1) is 0 Å². The zero-order valence-corrected chi connectivity index (χ0v) is 6.53. The van der Waals surface area contributed by atoms with Crippen molar-refractivity contribution < 1.29 is 4.79 Å². The van der Waals surface area contributed by atoms with Crippen molar-refractivity contribution in [1.82, 2.24) is 0 Å².